The van der Waals surface area contributed by atoms with Gasteiger partial charge in [0.05, 0.1) is 13.5 Å². The number of carbonyl (C=O) groups excluding carboxylic acids is 1. The normalized spacial score (nSPS) is 10.4. The zero-order valence-electron chi connectivity index (χ0n) is 9.62. The van der Waals surface area contributed by atoms with Gasteiger partial charge in [0.2, 0.25) is 0 Å². The molecule has 0 atom stereocenters. The Bertz CT molecular complexity index is 329. The highest BCUT2D eigenvalue weighted by Gasteiger charge is 2.08. The maximum Gasteiger partial charge on any atom is 0.309 e. The molecule has 0 amide bonds. The summed E-state index contributed by atoms with van der Waals surface area (Å²) in [6, 6.07) is 8.05. The molecule has 0 N–H and O–H groups in total. The minimum atomic E-state index is -0.175. The molecular formula is C13H18O2. The Morgan fingerprint density at radius 3 is 2.40 bits per heavy atom. The highest BCUT2D eigenvalue weighted by atomic mass is 16.5. The standard InChI is InChI=1S/C13H18O2/c1-10(2)8-11-6-4-5-7-12(11)9-13(14)15-3/h4-7,10H,8-9H2,1-3H3. The quantitative estimate of drug-likeness (QED) is 0.708. The van der Waals surface area contributed by atoms with E-state index in [9.17, 15) is 4.79 Å². The van der Waals surface area contributed by atoms with Crippen molar-refractivity contribution < 1.29 is 9.53 Å². The van der Waals surface area contributed by atoms with Crippen LogP contribution in [-0.2, 0) is 22.4 Å². The summed E-state index contributed by atoms with van der Waals surface area (Å²) in [6.45, 7) is 4.35. The molecule has 0 spiro atoms. The number of hydrogen-bond acceptors (Lipinski definition) is 2. The van der Waals surface area contributed by atoms with Gasteiger partial charge < -0.3 is 4.74 Å². The van der Waals surface area contributed by atoms with E-state index in [0.717, 1.165) is 12.0 Å². The molecular weight excluding hydrogens is 188 g/mol. The van der Waals surface area contributed by atoms with Gasteiger partial charge in [0.25, 0.3) is 0 Å². The van der Waals surface area contributed by atoms with Gasteiger partial charge in [-0.2, -0.15) is 0 Å². The average Bonchev–Trinajstić information content (AvgIpc) is 2.20. The van der Waals surface area contributed by atoms with Gasteiger partial charge in [-0.25, -0.2) is 0 Å². The maximum absolute atomic E-state index is 11.2. The fourth-order valence-electron chi connectivity index (χ4n) is 1.60. The van der Waals surface area contributed by atoms with Crippen LogP contribution in [0.3, 0.4) is 0 Å². The molecule has 0 heterocycles. The van der Waals surface area contributed by atoms with Crippen LogP contribution in [0.5, 0.6) is 0 Å². The Labute approximate surface area is 91.3 Å². The topological polar surface area (TPSA) is 26.3 Å². The van der Waals surface area contributed by atoms with E-state index in [-0.39, 0.29) is 5.97 Å². The fourth-order valence-corrected chi connectivity index (χ4v) is 1.60. The van der Waals surface area contributed by atoms with Gasteiger partial charge >= 0.3 is 5.97 Å². The third kappa shape index (κ3) is 3.74. The zero-order valence-corrected chi connectivity index (χ0v) is 9.62. The van der Waals surface area contributed by atoms with E-state index in [1.54, 1.807) is 0 Å². The average molecular weight is 206 g/mol. The predicted octanol–water partition coefficient (Wildman–Crippen LogP) is 2.60. The molecule has 1 rings (SSSR count). The molecule has 82 valence electrons. The van der Waals surface area contributed by atoms with E-state index in [1.165, 1.54) is 12.7 Å². The summed E-state index contributed by atoms with van der Waals surface area (Å²) in [5.41, 5.74) is 2.33. The van der Waals surface area contributed by atoms with Gasteiger partial charge in [-0.05, 0) is 23.5 Å². The Kier molecular flexibility index (Phi) is 4.35. The molecule has 2 nitrogen and oxygen atoms in total. The number of carbonyl (C=O) groups is 1. The summed E-state index contributed by atoms with van der Waals surface area (Å²) in [6.07, 6.45) is 1.38. The molecule has 0 radical (unpaired) electrons. The first-order valence-electron chi connectivity index (χ1n) is 5.27. The molecule has 0 aromatic heterocycles. The van der Waals surface area contributed by atoms with E-state index in [0.29, 0.717) is 12.3 Å². The molecule has 0 fully saturated rings. The van der Waals surface area contributed by atoms with E-state index in [4.69, 9.17) is 0 Å². The number of rotatable bonds is 4. The van der Waals surface area contributed by atoms with Gasteiger partial charge in [-0.15, -0.1) is 0 Å². The molecule has 1 aromatic rings. The van der Waals surface area contributed by atoms with Crippen LogP contribution in [0.2, 0.25) is 0 Å². The lowest BCUT2D eigenvalue weighted by Crippen LogP contribution is -2.08. The predicted molar refractivity (Wildman–Crippen MR) is 60.7 cm³/mol. The minimum Gasteiger partial charge on any atom is -0.469 e. The van der Waals surface area contributed by atoms with Crippen molar-refractivity contribution in [2.45, 2.75) is 26.7 Å². The first-order chi connectivity index (χ1) is 7.13. The Morgan fingerprint density at radius 2 is 1.87 bits per heavy atom. The van der Waals surface area contributed by atoms with Crippen molar-refractivity contribution in [2.24, 2.45) is 5.92 Å². The summed E-state index contributed by atoms with van der Waals surface area (Å²) < 4.78 is 4.68. The van der Waals surface area contributed by atoms with Crippen LogP contribution in [0.25, 0.3) is 0 Å². The summed E-state index contributed by atoms with van der Waals surface area (Å²) >= 11 is 0. The van der Waals surface area contributed by atoms with Crippen molar-refractivity contribution >= 4 is 5.97 Å². The van der Waals surface area contributed by atoms with Crippen LogP contribution in [0.15, 0.2) is 24.3 Å². The van der Waals surface area contributed by atoms with Crippen molar-refractivity contribution in [1.82, 2.24) is 0 Å². The molecule has 15 heavy (non-hydrogen) atoms. The van der Waals surface area contributed by atoms with Gasteiger partial charge in [0.15, 0.2) is 0 Å². The molecule has 0 aliphatic rings. The molecule has 2 heteroatoms. The van der Waals surface area contributed by atoms with Crippen molar-refractivity contribution in [1.29, 1.82) is 0 Å². The number of hydrogen-bond donors (Lipinski definition) is 0. The third-order valence-electron chi connectivity index (χ3n) is 2.31. The van der Waals surface area contributed by atoms with E-state index in [1.807, 2.05) is 18.2 Å². The highest BCUT2D eigenvalue weighted by Crippen LogP contribution is 2.14. The maximum atomic E-state index is 11.2. The van der Waals surface area contributed by atoms with E-state index >= 15 is 0 Å². The number of methoxy groups -OCH3 is 1. The first kappa shape index (κ1) is 11.8. The molecule has 0 unspecified atom stereocenters. The number of ether oxygens (including phenoxy) is 1. The van der Waals surface area contributed by atoms with Crippen LogP contribution >= 0.6 is 0 Å². The second-order valence-electron chi connectivity index (χ2n) is 4.12. The largest absolute Gasteiger partial charge is 0.469 e. The van der Waals surface area contributed by atoms with Crippen molar-refractivity contribution in [3.63, 3.8) is 0 Å². The van der Waals surface area contributed by atoms with Crippen molar-refractivity contribution in [2.75, 3.05) is 7.11 Å². The van der Waals surface area contributed by atoms with Gasteiger partial charge in [0.1, 0.15) is 0 Å². The first-order valence-corrected chi connectivity index (χ1v) is 5.27. The van der Waals surface area contributed by atoms with Gasteiger partial charge in [-0.3, -0.25) is 4.79 Å². The Hall–Kier alpha value is -1.31. The highest BCUT2D eigenvalue weighted by molar-refractivity contribution is 5.72. The summed E-state index contributed by atoms with van der Waals surface area (Å²) in [5.74, 6) is 0.426. The molecule has 0 bridgehead atoms. The zero-order chi connectivity index (χ0) is 11.3. The van der Waals surface area contributed by atoms with E-state index < -0.39 is 0 Å². The molecule has 0 saturated heterocycles. The van der Waals surface area contributed by atoms with Crippen molar-refractivity contribution in [3.05, 3.63) is 35.4 Å². The van der Waals surface area contributed by atoms with E-state index in [2.05, 4.69) is 24.7 Å². The van der Waals surface area contributed by atoms with Gasteiger partial charge in [0, 0.05) is 0 Å². The molecule has 0 aliphatic carbocycles. The molecule has 1 aromatic carbocycles. The van der Waals surface area contributed by atoms with Crippen LogP contribution in [-0.4, -0.2) is 13.1 Å². The summed E-state index contributed by atoms with van der Waals surface area (Å²) in [7, 11) is 1.42. The van der Waals surface area contributed by atoms with Crippen LogP contribution in [0.1, 0.15) is 25.0 Å². The summed E-state index contributed by atoms with van der Waals surface area (Å²) in [5, 5.41) is 0. The minimum absolute atomic E-state index is 0.175. The summed E-state index contributed by atoms with van der Waals surface area (Å²) in [4.78, 5) is 11.2. The Balaban J connectivity index is 2.81. The SMILES string of the molecule is COC(=O)Cc1ccccc1CC(C)C. The Morgan fingerprint density at radius 1 is 1.27 bits per heavy atom. The monoisotopic (exact) mass is 206 g/mol. The fraction of sp³-hybridized carbons (Fsp3) is 0.462. The second kappa shape index (κ2) is 5.54. The van der Waals surface area contributed by atoms with Crippen LogP contribution in [0.4, 0.5) is 0 Å². The lowest BCUT2D eigenvalue weighted by molar-refractivity contribution is -0.139. The lowest BCUT2D eigenvalue weighted by Gasteiger charge is -2.10. The molecule has 0 saturated carbocycles. The van der Waals surface area contributed by atoms with Crippen LogP contribution in [0, 0.1) is 5.92 Å². The molecule has 0 aliphatic heterocycles. The van der Waals surface area contributed by atoms with Gasteiger partial charge in [-0.1, -0.05) is 38.1 Å². The van der Waals surface area contributed by atoms with Crippen LogP contribution < -0.4 is 0 Å². The number of esters is 1. The second-order valence-corrected chi connectivity index (χ2v) is 4.12. The lowest BCUT2D eigenvalue weighted by atomic mass is 9.96. The smallest absolute Gasteiger partial charge is 0.309 e. The van der Waals surface area contributed by atoms with Crippen molar-refractivity contribution in [3.8, 4) is 0 Å². The number of benzene rings is 1. The third-order valence-corrected chi connectivity index (χ3v) is 2.31.